The van der Waals surface area contributed by atoms with E-state index < -0.39 is 0 Å². The van der Waals surface area contributed by atoms with Gasteiger partial charge in [-0.05, 0) is 35.4 Å². The molecule has 0 saturated carbocycles. The van der Waals surface area contributed by atoms with Crippen molar-refractivity contribution in [3.8, 4) is 0 Å². The highest BCUT2D eigenvalue weighted by Gasteiger charge is 2.36. The van der Waals surface area contributed by atoms with E-state index >= 15 is 0 Å². The average molecular weight is 232 g/mol. The van der Waals surface area contributed by atoms with E-state index in [1.54, 1.807) is 0 Å². The predicted molar refractivity (Wildman–Crippen MR) is 74.2 cm³/mol. The van der Waals surface area contributed by atoms with Gasteiger partial charge in [0.05, 0.1) is 0 Å². The number of anilines is 1. The fraction of sp³-hybridized carbons (Fsp3) is 0.600. The molecule has 1 saturated heterocycles. The van der Waals surface area contributed by atoms with E-state index in [-0.39, 0.29) is 0 Å². The van der Waals surface area contributed by atoms with Gasteiger partial charge in [0.1, 0.15) is 0 Å². The molecule has 1 heterocycles. The summed E-state index contributed by atoms with van der Waals surface area (Å²) in [6, 6.07) is 6.55. The van der Waals surface area contributed by atoms with Crippen molar-refractivity contribution < 1.29 is 0 Å². The van der Waals surface area contributed by atoms with Crippen LogP contribution >= 0.6 is 0 Å². The van der Waals surface area contributed by atoms with Crippen LogP contribution in [-0.4, -0.2) is 13.1 Å². The topological polar surface area (TPSA) is 29.3 Å². The van der Waals surface area contributed by atoms with Gasteiger partial charge in [-0.1, -0.05) is 32.9 Å². The summed E-state index contributed by atoms with van der Waals surface area (Å²) in [5, 5.41) is 0. The van der Waals surface area contributed by atoms with Crippen LogP contribution in [0.25, 0.3) is 0 Å². The van der Waals surface area contributed by atoms with E-state index in [0.29, 0.717) is 12.0 Å². The maximum Gasteiger partial charge on any atom is 0.0399 e. The van der Waals surface area contributed by atoms with Gasteiger partial charge in [0.15, 0.2) is 0 Å². The summed E-state index contributed by atoms with van der Waals surface area (Å²) >= 11 is 0. The summed E-state index contributed by atoms with van der Waals surface area (Å²) in [4.78, 5) is 2.48. The second-order valence-electron chi connectivity index (χ2n) is 6.29. The lowest BCUT2D eigenvalue weighted by Gasteiger charge is -2.48. The molecular formula is C15H24N2. The van der Waals surface area contributed by atoms with Gasteiger partial charge in [0, 0.05) is 25.3 Å². The summed E-state index contributed by atoms with van der Waals surface area (Å²) in [7, 11) is 0. The second-order valence-corrected chi connectivity index (χ2v) is 6.29. The third-order valence-corrected chi connectivity index (χ3v) is 3.96. The third kappa shape index (κ3) is 2.47. The minimum absolute atomic E-state index is 0.426. The zero-order chi connectivity index (χ0) is 12.6. The summed E-state index contributed by atoms with van der Waals surface area (Å²) < 4.78 is 0. The van der Waals surface area contributed by atoms with Crippen LogP contribution in [0.4, 0.5) is 5.69 Å². The van der Waals surface area contributed by atoms with Crippen molar-refractivity contribution in [2.24, 2.45) is 17.1 Å². The number of benzene rings is 1. The van der Waals surface area contributed by atoms with Crippen molar-refractivity contribution in [1.82, 2.24) is 0 Å². The first-order chi connectivity index (χ1) is 7.91. The molecule has 1 aromatic rings. The van der Waals surface area contributed by atoms with Gasteiger partial charge in [0.2, 0.25) is 0 Å². The Balaban J connectivity index is 2.10. The number of aryl methyl sites for hydroxylation is 1. The number of nitrogens with zero attached hydrogens (tertiary/aromatic N) is 1. The van der Waals surface area contributed by atoms with Crippen LogP contribution in [0, 0.1) is 18.3 Å². The molecule has 1 aliphatic rings. The molecule has 17 heavy (non-hydrogen) atoms. The van der Waals surface area contributed by atoms with Gasteiger partial charge in [0.25, 0.3) is 0 Å². The highest BCUT2D eigenvalue weighted by atomic mass is 15.2. The highest BCUT2D eigenvalue weighted by Crippen LogP contribution is 2.37. The first-order valence-corrected chi connectivity index (χ1v) is 6.46. The first kappa shape index (κ1) is 12.4. The molecule has 1 fully saturated rings. The van der Waals surface area contributed by atoms with Crippen molar-refractivity contribution in [2.75, 3.05) is 18.0 Å². The Morgan fingerprint density at radius 1 is 1.29 bits per heavy atom. The monoisotopic (exact) mass is 232 g/mol. The lowest BCUT2D eigenvalue weighted by atomic mass is 9.75. The summed E-state index contributed by atoms with van der Waals surface area (Å²) in [6.45, 7) is 12.2. The number of hydrogen-bond donors (Lipinski definition) is 1. The van der Waals surface area contributed by atoms with Crippen LogP contribution in [0.15, 0.2) is 18.2 Å². The van der Waals surface area contributed by atoms with Crippen molar-refractivity contribution >= 4 is 5.69 Å². The average Bonchev–Trinajstić information content (AvgIpc) is 2.16. The first-order valence-electron chi connectivity index (χ1n) is 6.46. The van der Waals surface area contributed by atoms with E-state index in [2.05, 4.69) is 50.8 Å². The molecule has 0 bridgehead atoms. The van der Waals surface area contributed by atoms with Crippen LogP contribution in [0.2, 0.25) is 0 Å². The highest BCUT2D eigenvalue weighted by molar-refractivity contribution is 5.57. The second kappa shape index (κ2) is 4.34. The molecule has 0 aliphatic carbocycles. The zero-order valence-electron chi connectivity index (χ0n) is 11.5. The van der Waals surface area contributed by atoms with Crippen molar-refractivity contribution in [3.05, 3.63) is 29.3 Å². The minimum atomic E-state index is 0.426. The van der Waals surface area contributed by atoms with Gasteiger partial charge in [-0.25, -0.2) is 0 Å². The molecule has 0 aromatic heterocycles. The normalized spacial score (nSPS) is 17.1. The van der Waals surface area contributed by atoms with E-state index in [4.69, 9.17) is 5.73 Å². The molecule has 1 aromatic carbocycles. The molecule has 2 N–H and O–H groups in total. The fourth-order valence-corrected chi connectivity index (χ4v) is 2.35. The summed E-state index contributed by atoms with van der Waals surface area (Å²) in [5.74, 6) is 0.809. The van der Waals surface area contributed by atoms with Crippen LogP contribution in [-0.2, 0) is 6.54 Å². The third-order valence-electron chi connectivity index (χ3n) is 3.96. The number of rotatable bonds is 2. The van der Waals surface area contributed by atoms with Gasteiger partial charge in [-0.15, -0.1) is 0 Å². The van der Waals surface area contributed by atoms with E-state index in [1.807, 2.05) is 0 Å². The largest absolute Gasteiger partial charge is 0.371 e. The Morgan fingerprint density at radius 3 is 2.47 bits per heavy atom. The quantitative estimate of drug-likeness (QED) is 0.849. The molecule has 1 aliphatic heterocycles. The Morgan fingerprint density at radius 2 is 1.94 bits per heavy atom. The van der Waals surface area contributed by atoms with Crippen molar-refractivity contribution in [1.29, 1.82) is 0 Å². The van der Waals surface area contributed by atoms with Gasteiger partial charge in [-0.2, -0.15) is 0 Å². The van der Waals surface area contributed by atoms with Gasteiger partial charge >= 0.3 is 0 Å². The van der Waals surface area contributed by atoms with Crippen molar-refractivity contribution in [3.63, 3.8) is 0 Å². The maximum absolute atomic E-state index is 5.71. The Hall–Kier alpha value is -1.02. The summed E-state index contributed by atoms with van der Waals surface area (Å²) in [6.07, 6.45) is 0. The minimum Gasteiger partial charge on any atom is -0.371 e. The number of hydrogen-bond acceptors (Lipinski definition) is 2. The summed E-state index contributed by atoms with van der Waals surface area (Å²) in [5.41, 5.74) is 10.1. The molecule has 2 heteroatoms. The van der Waals surface area contributed by atoms with Crippen LogP contribution in [0.5, 0.6) is 0 Å². The number of nitrogens with two attached hydrogens (primary N) is 1. The predicted octanol–water partition coefficient (Wildman–Crippen LogP) is 2.94. The Kier molecular flexibility index (Phi) is 3.17. The molecule has 94 valence electrons. The Labute approximate surface area is 105 Å². The van der Waals surface area contributed by atoms with Crippen LogP contribution in [0.3, 0.4) is 0 Å². The molecule has 0 unspecified atom stereocenters. The molecule has 2 rings (SSSR count). The molecule has 0 amide bonds. The molecule has 0 atom stereocenters. The van der Waals surface area contributed by atoms with Crippen LogP contribution in [0.1, 0.15) is 31.9 Å². The molecule has 2 nitrogen and oxygen atoms in total. The zero-order valence-corrected chi connectivity index (χ0v) is 11.5. The van der Waals surface area contributed by atoms with Gasteiger partial charge in [-0.3, -0.25) is 0 Å². The molecule has 0 spiro atoms. The van der Waals surface area contributed by atoms with E-state index in [0.717, 1.165) is 5.92 Å². The van der Waals surface area contributed by atoms with Crippen molar-refractivity contribution in [2.45, 2.75) is 34.2 Å². The van der Waals surface area contributed by atoms with Gasteiger partial charge < -0.3 is 10.6 Å². The standard InChI is InChI=1S/C15H24N2/c1-11-5-6-12(8-16)7-14(11)17-9-13(10-17)15(2,3)4/h5-7,13H,8-10,16H2,1-4H3. The van der Waals surface area contributed by atoms with E-state index in [9.17, 15) is 0 Å². The Bertz CT molecular complexity index is 398. The molecular weight excluding hydrogens is 208 g/mol. The lowest BCUT2D eigenvalue weighted by molar-refractivity contribution is 0.195. The van der Waals surface area contributed by atoms with Crippen LogP contribution < -0.4 is 10.6 Å². The van der Waals surface area contributed by atoms with E-state index in [1.165, 1.54) is 29.9 Å². The molecule has 0 radical (unpaired) electrons. The smallest absolute Gasteiger partial charge is 0.0399 e. The lowest BCUT2D eigenvalue weighted by Crippen LogP contribution is -2.52. The maximum atomic E-state index is 5.71. The fourth-order valence-electron chi connectivity index (χ4n) is 2.35. The SMILES string of the molecule is Cc1ccc(CN)cc1N1CC(C(C)(C)C)C1.